The molecular formula is C17H20FN5O2. The van der Waals surface area contributed by atoms with Crippen molar-refractivity contribution in [2.24, 2.45) is 0 Å². The van der Waals surface area contributed by atoms with Gasteiger partial charge < -0.3 is 14.6 Å². The number of halogens is 1. The highest BCUT2D eigenvalue weighted by Gasteiger charge is 2.09. The van der Waals surface area contributed by atoms with E-state index < -0.39 is 0 Å². The van der Waals surface area contributed by atoms with Crippen molar-refractivity contribution in [1.82, 2.24) is 25.2 Å². The Morgan fingerprint density at radius 1 is 1.32 bits per heavy atom. The molecule has 2 heterocycles. The number of ether oxygens (including phenoxy) is 1. The average molecular weight is 345 g/mol. The number of hydrogen-bond acceptors (Lipinski definition) is 6. The highest BCUT2D eigenvalue weighted by Crippen LogP contribution is 2.12. The highest BCUT2D eigenvalue weighted by atomic mass is 19.1. The first-order chi connectivity index (χ1) is 12.1. The van der Waals surface area contributed by atoms with Crippen LogP contribution in [0.5, 0.6) is 5.75 Å². The summed E-state index contributed by atoms with van der Waals surface area (Å²) < 4.78 is 25.4. The Kier molecular flexibility index (Phi) is 5.39. The number of hydrogen-bond donors (Lipinski definition) is 1. The van der Waals surface area contributed by atoms with Gasteiger partial charge in [0.1, 0.15) is 11.6 Å². The SMILES string of the molecule is Cc1cnn(CC(C)NCc2nc(COc3ccc(F)cc3)no2)c1. The summed E-state index contributed by atoms with van der Waals surface area (Å²) in [5, 5.41) is 11.4. The van der Waals surface area contributed by atoms with E-state index in [0.717, 1.165) is 12.1 Å². The Hall–Kier alpha value is -2.74. The normalized spacial score (nSPS) is 12.3. The van der Waals surface area contributed by atoms with Crippen LogP contribution in [0.3, 0.4) is 0 Å². The third-order valence-electron chi connectivity index (χ3n) is 3.52. The van der Waals surface area contributed by atoms with Gasteiger partial charge in [0.25, 0.3) is 0 Å². The fraction of sp³-hybridized carbons (Fsp3) is 0.353. The maximum Gasteiger partial charge on any atom is 0.240 e. The van der Waals surface area contributed by atoms with Crippen molar-refractivity contribution in [3.05, 3.63) is 59.8 Å². The van der Waals surface area contributed by atoms with Crippen molar-refractivity contribution < 1.29 is 13.7 Å². The molecule has 0 aliphatic heterocycles. The standard InChI is InChI=1S/C17H20FN5O2/c1-12-7-20-23(9-12)10-13(2)19-8-17-21-16(22-25-17)11-24-15-5-3-14(18)4-6-15/h3-7,9,13,19H,8,10-11H2,1-2H3. The second-order valence-corrected chi connectivity index (χ2v) is 5.87. The first-order valence-electron chi connectivity index (χ1n) is 8.01. The summed E-state index contributed by atoms with van der Waals surface area (Å²) in [7, 11) is 0. The molecule has 7 nitrogen and oxygen atoms in total. The number of aromatic nitrogens is 4. The van der Waals surface area contributed by atoms with Crippen LogP contribution in [0.25, 0.3) is 0 Å². The van der Waals surface area contributed by atoms with Crippen molar-refractivity contribution in [3.63, 3.8) is 0 Å². The van der Waals surface area contributed by atoms with Crippen LogP contribution in [0.4, 0.5) is 4.39 Å². The molecule has 0 aliphatic rings. The molecule has 0 bridgehead atoms. The molecule has 0 saturated carbocycles. The number of benzene rings is 1. The zero-order valence-corrected chi connectivity index (χ0v) is 14.1. The topological polar surface area (TPSA) is 78.0 Å². The second-order valence-electron chi connectivity index (χ2n) is 5.87. The third kappa shape index (κ3) is 5.12. The Bertz CT molecular complexity index is 799. The van der Waals surface area contributed by atoms with Crippen LogP contribution >= 0.6 is 0 Å². The van der Waals surface area contributed by atoms with Crippen molar-refractivity contribution in [1.29, 1.82) is 0 Å². The number of rotatable bonds is 8. The van der Waals surface area contributed by atoms with Gasteiger partial charge in [0.2, 0.25) is 11.7 Å². The molecule has 2 aromatic heterocycles. The van der Waals surface area contributed by atoms with Gasteiger partial charge in [-0.05, 0) is 43.7 Å². The lowest BCUT2D eigenvalue weighted by molar-refractivity contribution is 0.283. The molecule has 0 radical (unpaired) electrons. The number of nitrogens with one attached hydrogen (secondary N) is 1. The highest BCUT2D eigenvalue weighted by molar-refractivity contribution is 5.22. The van der Waals surface area contributed by atoms with E-state index in [9.17, 15) is 4.39 Å². The summed E-state index contributed by atoms with van der Waals surface area (Å²) in [5.74, 6) is 1.17. The van der Waals surface area contributed by atoms with Gasteiger partial charge in [-0.25, -0.2) is 4.39 Å². The maximum absolute atomic E-state index is 12.8. The molecule has 3 aromatic rings. The van der Waals surface area contributed by atoms with Crippen LogP contribution in [0, 0.1) is 12.7 Å². The molecular weight excluding hydrogens is 325 g/mol. The predicted octanol–water partition coefficient (Wildman–Crippen LogP) is 2.47. The van der Waals surface area contributed by atoms with E-state index in [1.54, 1.807) is 12.1 Å². The van der Waals surface area contributed by atoms with Crippen LogP contribution in [0.2, 0.25) is 0 Å². The number of aryl methyl sites for hydroxylation is 1. The number of nitrogens with zero attached hydrogens (tertiary/aromatic N) is 4. The lowest BCUT2D eigenvalue weighted by Crippen LogP contribution is -2.30. The quantitative estimate of drug-likeness (QED) is 0.676. The molecule has 0 spiro atoms. The van der Waals surface area contributed by atoms with E-state index in [1.807, 2.05) is 24.0 Å². The molecule has 1 N–H and O–H groups in total. The van der Waals surface area contributed by atoms with Crippen LogP contribution < -0.4 is 10.1 Å². The Labute approximate surface area is 144 Å². The summed E-state index contributed by atoms with van der Waals surface area (Å²) in [5.41, 5.74) is 1.13. The van der Waals surface area contributed by atoms with E-state index in [2.05, 4.69) is 27.5 Å². The predicted molar refractivity (Wildman–Crippen MR) is 88.3 cm³/mol. The van der Waals surface area contributed by atoms with E-state index in [4.69, 9.17) is 9.26 Å². The average Bonchev–Trinajstić information content (AvgIpc) is 3.21. The van der Waals surface area contributed by atoms with E-state index in [0.29, 0.717) is 24.0 Å². The Morgan fingerprint density at radius 3 is 2.84 bits per heavy atom. The Balaban J connectivity index is 1.44. The summed E-state index contributed by atoms with van der Waals surface area (Å²) in [6.45, 7) is 5.45. The molecule has 0 fully saturated rings. The smallest absolute Gasteiger partial charge is 0.240 e. The first-order valence-corrected chi connectivity index (χ1v) is 8.01. The third-order valence-corrected chi connectivity index (χ3v) is 3.52. The lowest BCUT2D eigenvalue weighted by Gasteiger charge is -2.11. The Morgan fingerprint density at radius 2 is 2.12 bits per heavy atom. The fourth-order valence-electron chi connectivity index (χ4n) is 2.27. The van der Waals surface area contributed by atoms with Gasteiger partial charge in [-0.3, -0.25) is 4.68 Å². The molecule has 1 atom stereocenters. The molecule has 0 amide bonds. The largest absolute Gasteiger partial charge is 0.485 e. The van der Waals surface area contributed by atoms with Gasteiger partial charge in [-0.2, -0.15) is 10.1 Å². The van der Waals surface area contributed by atoms with Crippen molar-refractivity contribution in [3.8, 4) is 5.75 Å². The lowest BCUT2D eigenvalue weighted by atomic mass is 10.3. The van der Waals surface area contributed by atoms with Gasteiger partial charge in [-0.1, -0.05) is 5.16 Å². The summed E-state index contributed by atoms with van der Waals surface area (Å²) in [4.78, 5) is 4.26. The van der Waals surface area contributed by atoms with Crippen LogP contribution in [-0.2, 0) is 19.7 Å². The first kappa shape index (κ1) is 17.1. The van der Waals surface area contributed by atoms with Gasteiger partial charge in [0, 0.05) is 12.2 Å². The summed E-state index contributed by atoms with van der Waals surface area (Å²) in [6.07, 6.45) is 3.83. The minimum absolute atomic E-state index is 0.164. The van der Waals surface area contributed by atoms with Crippen LogP contribution in [0.15, 0.2) is 41.2 Å². The summed E-state index contributed by atoms with van der Waals surface area (Å²) in [6, 6.07) is 5.98. The van der Waals surface area contributed by atoms with Crippen LogP contribution in [0.1, 0.15) is 24.2 Å². The van der Waals surface area contributed by atoms with Gasteiger partial charge in [-0.15, -0.1) is 0 Å². The minimum atomic E-state index is -0.306. The maximum atomic E-state index is 12.8. The molecule has 0 aliphatic carbocycles. The fourth-order valence-corrected chi connectivity index (χ4v) is 2.27. The molecule has 0 saturated heterocycles. The van der Waals surface area contributed by atoms with E-state index >= 15 is 0 Å². The molecule has 8 heteroatoms. The van der Waals surface area contributed by atoms with Gasteiger partial charge in [0.05, 0.1) is 19.3 Å². The van der Waals surface area contributed by atoms with Crippen molar-refractivity contribution in [2.45, 2.75) is 39.6 Å². The second kappa shape index (κ2) is 7.89. The summed E-state index contributed by atoms with van der Waals surface area (Å²) >= 11 is 0. The molecule has 132 valence electrons. The zero-order chi connectivity index (χ0) is 17.6. The molecule has 1 unspecified atom stereocenters. The minimum Gasteiger partial charge on any atom is -0.485 e. The van der Waals surface area contributed by atoms with Crippen molar-refractivity contribution in [2.75, 3.05) is 0 Å². The van der Waals surface area contributed by atoms with Gasteiger partial charge in [0.15, 0.2) is 6.61 Å². The molecule has 3 rings (SSSR count). The monoisotopic (exact) mass is 345 g/mol. The van der Waals surface area contributed by atoms with Crippen LogP contribution in [-0.4, -0.2) is 26.0 Å². The van der Waals surface area contributed by atoms with Crippen molar-refractivity contribution >= 4 is 0 Å². The van der Waals surface area contributed by atoms with E-state index in [-0.39, 0.29) is 18.5 Å². The van der Waals surface area contributed by atoms with E-state index in [1.165, 1.54) is 12.1 Å². The molecule has 1 aromatic carbocycles. The zero-order valence-electron chi connectivity index (χ0n) is 14.1. The van der Waals surface area contributed by atoms with Gasteiger partial charge >= 0.3 is 0 Å². The molecule has 25 heavy (non-hydrogen) atoms.